The van der Waals surface area contributed by atoms with Crippen LogP contribution in [0.5, 0.6) is 0 Å². The minimum Gasteiger partial charge on any atom is -0.373 e. The van der Waals surface area contributed by atoms with Crippen LogP contribution in [0, 0.1) is 11.6 Å². The van der Waals surface area contributed by atoms with Crippen LogP contribution in [0.25, 0.3) is 0 Å². The second-order valence-corrected chi connectivity index (χ2v) is 4.73. The van der Waals surface area contributed by atoms with Gasteiger partial charge < -0.3 is 10.6 Å². The monoisotopic (exact) mass is 341 g/mol. The number of rotatable bonds is 3. The van der Waals surface area contributed by atoms with Crippen molar-refractivity contribution >= 4 is 33.3 Å². The van der Waals surface area contributed by atoms with E-state index in [9.17, 15) is 13.6 Å². The predicted octanol–water partition coefficient (Wildman–Crippen LogP) is 3.42. The van der Waals surface area contributed by atoms with Gasteiger partial charge in [-0.05, 0) is 34.1 Å². The van der Waals surface area contributed by atoms with E-state index in [-0.39, 0.29) is 10.2 Å². The Morgan fingerprint density at radius 3 is 2.70 bits per heavy atom. The number of carbonyl (C=O) groups excluding carboxylic acids is 1. The average molecular weight is 342 g/mol. The summed E-state index contributed by atoms with van der Waals surface area (Å²) in [6.07, 6.45) is 1.46. The zero-order valence-electron chi connectivity index (χ0n) is 10.4. The fraction of sp³-hybridized carbons (Fsp3) is 0.0769. The molecule has 0 bridgehead atoms. The van der Waals surface area contributed by atoms with Crippen molar-refractivity contribution in [1.82, 2.24) is 4.98 Å². The van der Waals surface area contributed by atoms with Gasteiger partial charge in [-0.2, -0.15) is 0 Å². The predicted molar refractivity (Wildman–Crippen MR) is 75.8 cm³/mol. The van der Waals surface area contributed by atoms with Gasteiger partial charge in [0.2, 0.25) is 0 Å². The summed E-state index contributed by atoms with van der Waals surface area (Å²) in [5.74, 6) is -1.59. The van der Waals surface area contributed by atoms with Gasteiger partial charge in [0, 0.05) is 29.3 Å². The molecule has 1 aromatic heterocycles. The van der Waals surface area contributed by atoms with Crippen LogP contribution in [0.15, 0.2) is 34.9 Å². The van der Waals surface area contributed by atoms with Crippen molar-refractivity contribution in [2.24, 2.45) is 0 Å². The van der Waals surface area contributed by atoms with Crippen molar-refractivity contribution in [2.75, 3.05) is 17.7 Å². The summed E-state index contributed by atoms with van der Waals surface area (Å²) in [5, 5.41) is 5.18. The lowest BCUT2D eigenvalue weighted by Gasteiger charge is -2.09. The highest BCUT2D eigenvalue weighted by atomic mass is 79.9. The van der Waals surface area contributed by atoms with E-state index in [1.807, 2.05) is 0 Å². The standard InChI is InChI=1S/C13H10BrF2N3O/c1-17-11-4-7(2-3-18-11)13(20)19-12-9(14)5-8(15)6-10(12)16/h2-6H,1H3,(H,17,18)(H,19,20). The van der Waals surface area contributed by atoms with E-state index in [4.69, 9.17) is 0 Å². The molecule has 7 heteroatoms. The molecule has 2 aromatic rings. The molecular weight excluding hydrogens is 332 g/mol. The summed E-state index contributed by atoms with van der Waals surface area (Å²) >= 11 is 3.01. The number of hydrogen-bond acceptors (Lipinski definition) is 3. The number of nitrogens with zero attached hydrogens (tertiary/aromatic N) is 1. The largest absolute Gasteiger partial charge is 0.373 e. The number of nitrogens with one attached hydrogen (secondary N) is 2. The van der Waals surface area contributed by atoms with Gasteiger partial charge in [-0.15, -0.1) is 0 Å². The van der Waals surface area contributed by atoms with Crippen molar-refractivity contribution in [1.29, 1.82) is 0 Å². The van der Waals surface area contributed by atoms with Gasteiger partial charge in [-0.25, -0.2) is 13.8 Å². The molecule has 1 aromatic carbocycles. The summed E-state index contributed by atoms with van der Waals surface area (Å²) in [4.78, 5) is 16.0. The van der Waals surface area contributed by atoms with Crippen LogP contribution in [0.1, 0.15) is 10.4 Å². The molecule has 4 nitrogen and oxygen atoms in total. The van der Waals surface area contributed by atoms with Crippen molar-refractivity contribution in [3.8, 4) is 0 Å². The van der Waals surface area contributed by atoms with Gasteiger partial charge in [-0.1, -0.05) is 0 Å². The Kier molecular flexibility index (Phi) is 4.29. The average Bonchev–Trinajstić information content (AvgIpc) is 2.42. The van der Waals surface area contributed by atoms with E-state index in [1.165, 1.54) is 18.3 Å². The summed E-state index contributed by atoms with van der Waals surface area (Å²) in [6, 6.07) is 4.78. The molecule has 0 aliphatic rings. The van der Waals surface area contributed by atoms with Crippen LogP contribution in [0.3, 0.4) is 0 Å². The zero-order chi connectivity index (χ0) is 14.7. The first-order chi connectivity index (χ1) is 9.51. The van der Waals surface area contributed by atoms with Gasteiger partial charge in [0.05, 0.1) is 5.69 Å². The Morgan fingerprint density at radius 1 is 1.30 bits per heavy atom. The molecule has 0 saturated carbocycles. The van der Waals surface area contributed by atoms with Gasteiger partial charge >= 0.3 is 0 Å². The third kappa shape index (κ3) is 3.11. The summed E-state index contributed by atoms with van der Waals surface area (Å²) < 4.78 is 26.7. The van der Waals surface area contributed by atoms with Crippen molar-refractivity contribution < 1.29 is 13.6 Å². The maximum absolute atomic E-state index is 13.6. The van der Waals surface area contributed by atoms with Crippen molar-refractivity contribution in [3.05, 3.63) is 52.1 Å². The molecule has 0 atom stereocenters. The highest BCUT2D eigenvalue weighted by molar-refractivity contribution is 9.10. The molecule has 1 heterocycles. The third-order valence-corrected chi connectivity index (χ3v) is 3.15. The van der Waals surface area contributed by atoms with Crippen molar-refractivity contribution in [2.45, 2.75) is 0 Å². The minimum absolute atomic E-state index is 0.112. The molecule has 0 radical (unpaired) electrons. The van der Waals surface area contributed by atoms with Crippen LogP contribution in [0.4, 0.5) is 20.3 Å². The molecule has 0 aliphatic carbocycles. The molecule has 104 valence electrons. The van der Waals surface area contributed by atoms with E-state index >= 15 is 0 Å². The summed E-state index contributed by atoms with van der Waals surface area (Å²) in [7, 11) is 1.67. The highest BCUT2D eigenvalue weighted by Crippen LogP contribution is 2.27. The first-order valence-corrected chi connectivity index (χ1v) is 6.40. The topological polar surface area (TPSA) is 54.0 Å². The number of amides is 1. The van der Waals surface area contributed by atoms with E-state index in [0.717, 1.165) is 6.07 Å². The lowest BCUT2D eigenvalue weighted by Crippen LogP contribution is -2.14. The second kappa shape index (κ2) is 5.96. The summed E-state index contributed by atoms with van der Waals surface area (Å²) in [6.45, 7) is 0. The van der Waals surface area contributed by atoms with Crippen LogP contribution in [-0.4, -0.2) is 17.9 Å². The molecular formula is C13H10BrF2N3O. The Hall–Kier alpha value is -2.02. The molecule has 2 rings (SSSR count). The second-order valence-electron chi connectivity index (χ2n) is 3.88. The molecule has 0 spiro atoms. The minimum atomic E-state index is -0.854. The fourth-order valence-corrected chi connectivity index (χ4v) is 2.06. The number of pyridine rings is 1. The fourth-order valence-electron chi connectivity index (χ4n) is 1.56. The van der Waals surface area contributed by atoms with Gasteiger partial charge in [-0.3, -0.25) is 4.79 Å². The van der Waals surface area contributed by atoms with Gasteiger partial charge in [0.15, 0.2) is 5.82 Å². The maximum Gasteiger partial charge on any atom is 0.255 e. The van der Waals surface area contributed by atoms with Crippen LogP contribution in [-0.2, 0) is 0 Å². The number of carbonyl (C=O) groups is 1. The van der Waals surface area contributed by atoms with E-state index in [1.54, 1.807) is 7.05 Å². The van der Waals surface area contributed by atoms with Crippen LogP contribution >= 0.6 is 15.9 Å². The zero-order valence-corrected chi connectivity index (χ0v) is 12.0. The van der Waals surface area contributed by atoms with Gasteiger partial charge in [0.25, 0.3) is 5.91 Å². The number of hydrogen-bond donors (Lipinski definition) is 2. The van der Waals surface area contributed by atoms with Crippen LogP contribution in [0.2, 0.25) is 0 Å². The lowest BCUT2D eigenvalue weighted by molar-refractivity contribution is 0.102. The maximum atomic E-state index is 13.6. The Labute approximate surface area is 122 Å². The Balaban J connectivity index is 2.28. The first-order valence-electron chi connectivity index (χ1n) is 5.61. The Morgan fingerprint density at radius 2 is 2.05 bits per heavy atom. The quantitative estimate of drug-likeness (QED) is 0.899. The highest BCUT2D eigenvalue weighted by Gasteiger charge is 2.14. The number of halogens is 3. The third-order valence-electron chi connectivity index (χ3n) is 2.52. The molecule has 20 heavy (non-hydrogen) atoms. The SMILES string of the molecule is CNc1cc(C(=O)Nc2c(F)cc(F)cc2Br)ccn1. The van der Waals surface area contributed by atoms with Crippen molar-refractivity contribution in [3.63, 3.8) is 0 Å². The number of benzene rings is 1. The van der Waals surface area contributed by atoms with Gasteiger partial charge in [0.1, 0.15) is 11.6 Å². The summed E-state index contributed by atoms with van der Waals surface area (Å²) in [5.41, 5.74) is 0.194. The normalized spacial score (nSPS) is 10.2. The Bertz CT molecular complexity index is 641. The number of anilines is 2. The molecule has 0 fully saturated rings. The molecule has 0 unspecified atom stereocenters. The molecule has 0 aliphatic heterocycles. The molecule has 2 N–H and O–H groups in total. The number of aromatic nitrogens is 1. The van der Waals surface area contributed by atoms with E-state index in [2.05, 4.69) is 31.5 Å². The smallest absolute Gasteiger partial charge is 0.255 e. The molecule has 1 amide bonds. The molecule has 0 saturated heterocycles. The van der Waals surface area contributed by atoms with E-state index < -0.39 is 17.5 Å². The first kappa shape index (κ1) is 14.4. The van der Waals surface area contributed by atoms with E-state index in [0.29, 0.717) is 17.4 Å². The lowest BCUT2D eigenvalue weighted by atomic mass is 10.2. The van der Waals surface area contributed by atoms with Crippen LogP contribution < -0.4 is 10.6 Å².